The fourth-order valence-corrected chi connectivity index (χ4v) is 5.15. The van der Waals surface area contributed by atoms with Gasteiger partial charge in [0.2, 0.25) is 5.91 Å². The first-order valence-electron chi connectivity index (χ1n) is 13.5. The number of nitrogens with zero attached hydrogens (tertiary/aromatic N) is 1. The lowest BCUT2D eigenvalue weighted by atomic mass is 9.80. The number of methoxy groups -OCH3 is 1. The summed E-state index contributed by atoms with van der Waals surface area (Å²) in [6.45, 7) is 6.45. The molecule has 4 amide bonds. The molecule has 3 aromatic carbocycles. The summed E-state index contributed by atoms with van der Waals surface area (Å²) in [5.41, 5.74) is 7.46. The average molecular weight is 561 g/mol. The first-order chi connectivity index (χ1) is 19.7. The molecule has 0 fully saturated rings. The molecule has 1 aliphatic heterocycles. The summed E-state index contributed by atoms with van der Waals surface area (Å²) in [7, 11) is 1.53. The van der Waals surface area contributed by atoms with E-state index < -0.39 is 29.7 Å². The van der Waals surface area contributed by atoms with Crippen LogP contribution in [0, 0.1) is 6.92 Å². The lowest BCUT2D eigenvalue weighted by Gasteiger charge is -2.32. The minimum atomic E-state index is -1.68. The van der Waals surface area contributed by atoms with Crippen molar-refractivity contribution in [2.45, 2.75) is 39.0 Å². The Kier molecular flexibility index (Phi) is 9.26. The molecule has 41 heavy (non-hydrogen) atoms. The summed E-state index contributed by atoms with van der Waals surface area (Å²) in [6.07, 6.45) is -0.835. The maximum atomic E-state index is 14.7. The molecule has 0 aromatic heterocycles. The van der Waals surface area contributed by atoms with Gasteiger partial charge in [0, 0.05) is 30.5 Å². The van der Waals surface area contributed by atoms with Gasteiger partial charge in [-0.2, -0.15) is 0 Å². The van der Waals surface area contributed by atoms with Gasteiger partial charge in [-0.25, -0.2) is 4.79 Å². The molecular weight excluding hydrogens is 524 g/mol. The zero-order valence-corrected chi connectivity index (χ0v) is 23.7. The van der Waals surface area contributed by atoms with E-state index in [1.807, 2.05) is 32.9 Å². The van der Waals surface area contributed by atoms with Crippen molar-refractivity contribution in [2.75, 3.05) is 37.1 Å². The van der Waals surface area contributed by atoms with Crippen LogP contribution in [0.25, 0.3) is 0 Å². The average Bonchev–Trinajstić information content (AvgIpc) is 3.17. The summed E-state index contributed by atoms with van der Waals surface area (Å²) in [6, 6.07) is 18.9. The zero-order valence-electron chi connectivity index (χ0n) is 23.7. The van der Waals surface area contributed by atoms with E-state index >= 15 is 0 Å². The number of benzene rings is 3. The second-order valence-electron chi connectivity index (χ2n) is 9.64. The second kappa shape index (κ2) is 12.8. The van der Waals surface area contributed by atoms with Crippen molar-refractivity contribution < 1.29 is 28.6 Å². The number of carbonyl (C=O) groups excluding carboxylic acids is 3. The van der Waals surface area contributed by atoms with Crippen molar-refractivity contribution in [1.82, 2.24) is 5.32 Å². The Bertz CT molecular complexity index is 1400. The Hall–Kier alpha value is -4.41. The molecule has 0 radical (unpaired) electrons. The van der Waals surface area contributed by atoms with E-state index in [1.54, 1.807) is 59.5 Å². The molecule has 4 N–H and O–H groups in total. The largest absolute Gasteiger partial charge is 0.497 e. The van der Waals surface area contributed by atoms with Crippen molar-refractivity contribution >= 4 is 29.2 Å². The number of hydrogen-bond donors (Lipinski definition) is 3. The number of urea groups is 1. The predicted molar refractivity (Wildman–Crippen MR) is 156 cm³/mol. The number of rotatable bonds is 12. The third kappa shape index (κ3) is 6.18. The maximum absolute atomic E-state index is 14.7. The molecule has 1 unspecified atom stereocenters. The van der Waals surface area contributed by atoms with Gasteiger partial charge < -0.3 is 35.5 Å². The Morgan fingerprint density at radius 3 is 2.32 bits per heavy atom. The van der Waals surface area contributed by atoms with Crippen LogP contribution >= 0.6 is 0 Å². The molecule has 1 atom stereocenters. The molecule has 1 aliphatic rings. The molecule has 10 heteroatoms. The van der Waals surface area contributed by atoms with Crippen molar-refractivity contribution in [2.24, 2.45) is 5.73 Å². The minimum absolute atomic E-state index is 0.0698. The number of amides is 4. The number of nitrogens with one attached hydrogen (secondary N) is 2. The van der Waals surface area contributed by atoms with Crippen molar-refractivity contribution in [3.63, 3.8) is 0 Å². The van der Waals surface area contributed by atoms with Crippen molar-refractivity contribution in [3.05, 3.63) is 89.0 Å². The van der Waals surface area contributed by atoms with Crippen molar-refractivity contribution in [3.8, 4) is 5.75 Å². The highest BCUT2D eigenvalue weighted by Crippen LogP contribution is 2.47. The molecule has 216 valence electrons. The number of carbonyl (C=O) groups is 3. The topological polar surface area (TPSA) is 132 Å². The molecule has 0 bridgehead atoms. The molecule has 0 saturated carbocycles. The molecule has 0 spiro atoms. The number of ether oxygens (including phenoxy) is 3. The first-order valence-corrected chi connectivity index (χ1v) is 13.5. The summed E-state index contributed by atoms with van der Waals surface area (Å²) in [5, 5.41) is 5.80. The summed E-state index contributed by atoms with van der Waals surface area (Å²) in [4.78, 5) is 42.0. The second-order valence-corrected chi connectivity index (χ2v) is 9.64. The normalized spacial score (nSPS) is 16.0. The monoisotopic (exact) mass is 560 g/mol. The Labute approximate surface area is 239 Å². The van der Waals surface area contributed by atoms with Gasteiger partial charge >= 0.3 is 6.03 Å². The molecule has 3 aromatic rings. The lowest BCUT2D eigenvalue weighted by Crippen LogP contribution is -2.56. The Balaban J connectivity index is 1.88. The lowest BCUT2D eigenvalue weighted by molar-refractivity contribution is -0.136. The summed E-state index contributed by atoms with van der Waals surface area (Å²) < 4.78 is 16.8. The summed E-state index contributed by atoms with van der Waals surface area (Å²) in [5.74, 6) is -0.422. The van der Waals surface area contributed by atoms with Crippen LogP contribution in [0.3, 0.4) is 0 Å². The van der Waals surface area contributed by atoms with Gasteiger partial charge in [-0.1, -0.05) is 48.0 Å². The SMILES string of the molecule is CCOC(CN1C(=O)C(NC(=O)Nc2cccc(OC)c2)(c2ccc(C)cc2)c2c(CC(N)=O)cccc21)OCC. The van der Waals surface area contributed by atoms with Gasteiger partial charge in [0.15, 0.2) is 11.8 Å². The van der Waals surface area contributed by atoms with Gasteiger partial charge in [0.1, 0.15) is 5.75 Å². The molecule has 0 saturated heterocycles. The summed E-state index contributed by atoms with van der Waals surface area (Å²) >= 11 is 0. The van der Waals surface area contributed by atoms with Crippen LogP contribution in [0.5, 0.6) is 5.75 Å². The highest BCUT2D eigenvalue weighted by atomic mass is 16.7. The smallest absolute Gasteiger partial charge is 0.320 e. The van der Waals surface area contributed by atoms with Crippen LogP contribution in [0.2, 0.25) is 0 Å². The number of aryl methyl sites for hydroxylation is 1. The van der Waals surface area contributed by atoms with Gasteiger partial charge in [0.05, 0.1) is 25.8 Å². The molecule has 0 aliphatic carbocycles. The van der Waals surface area contributed by atoms with Gasteiger partial charge in [0.25, 0.3) is 5.91 Å². The van der Waals surface area contributed by atoms with Crippen LogP contribution in [-0.2, 0) is 31.0 Å². The fraction of sp³-hybridized carbons (Fsp3) is 0.323. The zero-order chi connectivity index (χ0) is 29.6. The van der Waals surface area contributed by atoms with Crippen LogP contribution < -0.4 is 26.0 Å². The number of nitrogens with two attached hydrogens (primary N) is 1. The van der Waals surface area contributed by atoms with Gasteiger partial charge in [-0.05, 0) is 50.1 Å². The molecular formula is C31H36N4O6. The predicted octanol–water partition coefficient (Wildman–Crippen LogP) is 3.84. The van der Waals surface area contributed by atoms with Crippen LogP contribution in [0.4, 0.5) is 16.2 Å². The fourth-order valence-electron chi connectivity index (χ4n) is 5.15. The van der Waals surface area contributed by atoms with E-state index in [1.165, 1.54) is 7.11 Å². The van der Waals surface area contributed by atoms with E-state index in [4.69, 9.17) is 19.9 Å². The quantitative estimate of drug-likeness (QED) is 0.289. The van der Waals surface area contributed by atoms with E-state index in [0.717, 1.165) is 5.56 Å². The van der Waals surface area contributed by atoms with Crippen LogP contribution in [0.1, 0.15) is 36.1 Å². The third-order valence-corrected chi connectivity index (χ3v) is 6.88. The minimum Gasteiger partial charge on any atom is -0.497 e. The maximum Gasteiger partial charge on any atom is 0.320 e. The van der Waals surface area contributed by atoms with E-state index in [2.05, 4.69) is 10.6 Å². The van der Waals surface area contributed by atoms with Gasteiger partial charge in [-0.15, -0.1) is 0 Å². The Morgan fingerprint density at radius 1 is 1.00 bits per heavy atom. The van der Waals surface area contributed by atoms with Crippen molar-refractivity contribution in [1.29, 1.82) is 0 Å². The number of hydrogen-bond acceptors (Lipinski definition) is 6. The van der Waals surface area contributed by atoms with Crippen LogP contribution in [-0.4, -0.2) is 51.0 Å². The number of fused-ring (bicyclic) bond motifs is 1. The number of anilines is 2. The highest BCUT2D eigenvalue weighted by molar-refractivity contribution is 6.13. The molecule has 10 nitrogen and oxygen atoms in total. The Morgan fingerprint density at radius 2 is 1.68 bits per heavy atom. The standard InChI is InChI=1S/C31H36N4O6/c1-5-40-27(41-6-2)19-35-25-12-7-9-21(17-26(32)36)28(25)31(29(35)37,22-15-13-20(3)14-16-22)34-30(38)33-23-10-8-11-24(18-23)39-4/h7-16,18,27H,5-6,17,19H2,1-4H3,(H2,32,36)(H2,33,34,38). The first kappa shape index (κ1) is 29.6. The van der Waals surface area contributed by atoms with E-state index in [-0.39, 0.29) is 13.0 Å². The van der Waals surface area contributed by atoms with E-state index in [0.29, 0.717) is 47.0 Å². The molecule has 4 rings (SSSR count). The third-order valence-electron chi connectivity index (χ3n) is 6.88. The van der Waals surface area contributed by atoms with Gasteiger partial charge in [-0.3, -0.25) is 9.59 Å². The van der Waals surface area contributed by atoms with E-state index in [9.17, 15) is 14.4 Å². The number of primary amides is 1. The molecule has 1 heterocycles. The van der Waals surface area contributed by atoms with Crippen LogP contribution in [0.15, 0.2) is 66.7 Å². The highest BCUT2D eigenvalue weighted by Gasteiger charge is 2.55.